The number of rotatable bonds is 8. The summed E-state index contributed by atoms with van der Waals surface area (Å²) < 4.78 is 8.64. The molecule has 3 heteroatoms. The summed E-state index contributed by atoms with van der Waals surface area (Å²) in [6.45, 7) is 0. The van der Waals surface area contributed by atoms with Crippen LogP contribution in [0.4, 0.5) is 17.1 Å². The van der Waals surface area contributed by atoms with Gasteiger partial charge in [0.25, 0.3) is 0 Å². The summed E-state index contributed by atoms with van der Waals surface area (Å²) in [5.74, 6) is 0. The first-order chi connectivity index (χ1) is 33.2. The van der Waals surface area contributed by atoms with E-state index in [1.807, 2.05) is 12.1 Å². The first kappa shape index (κ1) is 38.5. The molecule has 0 aliphatic rings. The first-order valence-corrected chi connectivity index (χ1v) is 22.9. The minimum atomic E-state index is 0.898. The fourth-order valence-electron chi connectivity index (χ4n) is 10.1. The Hall–Kier alpha value is -8.92. The highest BCUT2D eigenvalue weighted by Gasteiger charge is 2.17. The molecule has 314 valence electrons. The number of hydrogen-bond donors (Lipinski definition) is 0. The van der Waals surface area contributed by atoms with E-state index >= 15 is 0 Å². The van der Waals surface area contributed by atoms with Gasteiger partial charge in [-0.15, -0.1) is 0 Å². The van der Waals surface area contributed by atoms with Gasteiger partial charge in [-0.2, -0.15) is 0 Å². The van der Waals surface area contributed by atoms with Crippen LogP contribution in [0.15, 0.2) is 259 Å². The molecule has 0 N–H and O–H groups in total. The van der Waals surface area contributed by atoms with Gasteiger partial charge in [-0.25, -0.2) is 0 Å². The second kappa shape index (κ2) is 16.0. The van der Waals surface area contributed by atoms with Crippen molar-refractivity contribution in [2.24, 2.45) is 0 Å². The Kier molecular flexibility index (Phi) is 9.17. The molecule has 13 rings (SSSR count). The van der Waals surface area contributed by atoms with Gasteiger partial charge in [-0.1, -0.05) is 176 Å². The fourth-order valence-corrected chi connectivity index (χ4v) is 10.1. The maximum Gasteiger partial charge on any atom is 0.136 e. The number of hydrogen-bond acceptors (Lipinski definition) is 2. The first-order valence-electron chi connectivity index (χ1n) is 22.9. The minimum Gasteiger partial charge on any atom is -0.456 e. The number of benzene rings is 11. The molecule has 3 nitrogen and oxygen atoms in total. The number of fused-ring (bicyclic) bond motifs is 7. The third-order valence-electron chi connectivity index (χ3n) is 13.4. The lowest BCUT2D eigenvalue weighted by atomic mass is 9.98. The molecule has 0 saturated heterocycles. The summed E-state index contributed by atoms with van der Waals surface area (Å²) in [7, 11) is 0. The number of para-hydroxylation sites is 3. The molecule has 2 heterocycles. The number of anilines is 3. The lowest BCUT2D eigenvalue weighted by molar-refractivity contribution is 0.669. The van der Waals surface area contributed by atoms with Crippen LogP contribution >= 0.6 is 0 Å². The van der Waals surface area contributed by atoms with Crippen LogP contribution in [0.2, 0.25) is 0 Å². The molecule has 0 atom stereocenters. The van der Waals surface area contributed by atoms with E-state index in [0.717, 1.165) is 61.4 Å². The molecule has 0 spiro atoms. The highest BCUT2D eigenvalue weighted by molar-refractivity contribution is 6.12. The molecule has 0 aliphatic heterocycles. The van der Waals surface area contributed by atoms with Crippen molar-refractivity contribution in [3.63, 3.8) is 0 Å². The largest absolute Gasteiger partial charge is 0.456 e. The summed E-state index contributed by atoms with van der Waals surface area (Å²) in [6.07, 6.45) is 0. The molecule has 0 bridgehead atoms. The Bertz CT molecular complexity index is 3920. The van der Waals surface area contributed by atoms with Crippen LogP contribution in [-0.2, 0) is 0 Å². The topological polar surface area (TPSA) is 21.3 Å². The molecule has 13 aromatic rings. The van der Waals surface area contributed by atoms with Gasteiger partial charge >= 0.3 is 0 Å². The Morgan fingerprint density at radius 2 is 0.806 bits per heavy atom. The predicted octanol–water partition coefficient (Wildman–Crippen LogP) is 18.0. The van der Waals surface area contributed by atoms with Crippen molar-refractivity contribution in [2.45, 2.75) is 0 Å². The zero-order valence-electron chi connectivity index (χ0n) is 36.6. The van der Waals surface area contributed by atoms with Gasteiger partial charge in [-0.3, -0.25) is 0 Å². The van der Waals surface area contributed by atoms with Gasteiger partial charge in [0, 0.05) is 44.3 Å². The average Bonchev–Trinajstić information content (AvgIpc) is 3.96. The van der Waals surface area contributed by atoms with Crippen molar-refractivity contribution < 1.29 is 4.42 Å². The van der Waals surface area contributed by atoms with E-state index in [1.54, 1.807) is 0 Å². The normalized spacial score (nSPS) is 11.6. The van der Waals surface area contributed by atoms with Crippen LogP contribution in [0, 0.1) is 0 Å². The summed E-state index contributed by atoms with van der Waals surface area (Å²) in [5.41, 5.74) is 18.0. The highest BCUT2D eigenvalue weighted by Crippen LogP contribution is 2.41. The second-order valence-corrected chi connectivity index (χ2v) is 17.3. The van der Waals surface area contributed by atoms with Gasteiger partial charge in [0.1, 0.15) is 11.2 Å². The van der Waals surface area contributed by atoms with E-state index in [0.29, 0.717) is 0 Å². The van der Waals surface area contributed by atoms with Crippen LogP contribution < -0.4 is 4.90 Å². The van der Waals surface area contributed by atoms with Crippen molar-refractivity contribution in [3.8, 4) is 50.2 Å². The molecule has 0 radical (unpaired) electrons. The molecular formula is C64H42N2O. The Balaban J connectivity index is 0.846. The average molecular weight is 855 g/mol. The van der Waals surface area contributed by atoms with Crippen LogP contribution in [-0.4, -0.2) is 4.57 Å². The SMILES string of the molecule is c1cc(-c2ccc3ccccc3c2)cc(N(c2ccc(-c3ccc(-c4cccc(-n5c6ccccc6c6ccccc65)c4)cc3)cc2)c2ccc(-c3cccc4oc5ccccc5c34)cc2)c1. The van der Waals surface area contributed by atoms with Crippen molar-refractivity contribution in [3.05, 3.63) is 255 Å². The monoisotopic (exact) mass is 854 g/mol. The quantitative estimate of drug-likeness (QED) is 0.152. The van der Waals surface area contributed by atoms with Crippen LogP contribution in [0.25, 0.3) is 105 Å². The van der Waals surface area contributed by atoms with Gasteiger partial charge in [0.05, 0.1) is 11.0 Å². The lowest BCUT2D eigenvalue weighted by Crippen LogP contribution is -2.10. The van der Waals surface area contributed by atoms with E-state index in [9.17, 15) is 0 Å². The molecule has 0 unspecified atom stereocenters. The standard InChI is InChI=1S/C64H42N2O/c1-2-13-48-40-51(31-30-43(48)12-1)50-15-10-16-54(42-50)65(53-38-34-47(35-39-53)56-21-11-25-63-64(56)59-20-5-8-24-62(59)67-63)52-36-32-45(33-37-52)44-26-28-46(29-27-44)49-14-9-17-55(41-49)66-60-22-6-3-18-57(60)58-19-4-7-23-61(58)66/h1-42H. The summed E-state index contributed by atoms with van der Waals surface area (Å²) in [5, 5.41) is 7.27. The summed E-state index contributed by atoms with van der Waals surface area (Å²) in [4.78, 5) is 2.36. The summed E-state index contributed by atoms with van der Waals surface area (Å²) in [6, 6.07) is 91.9. The molecule has 0 aliphatic carbocycles. The molecule has 67 heavy (non-hydrogen) atoms. The zero-order valence-corrected chi connectivity index (χ0v) is 36.6. The molecule has 0 amide bonds. The molecule has 0 saturated carbocycles. The Morgan fingerprint density at radius 3 is 1.52 bits per heavy atom. The van der Waals surface area contributed by atoms with E-state index in [2.05, 4.69) is 252 Å². The van der Waals surface area contributed by atoms with Crippen molar-refractivity contribution in [2.75, 3.05) is 4.90 Å². The van der Waals surface area contributed by atoms with Crippen LogP contribution in [0.1, 0.15) is 0 Å². The predicted molar refractivity (Wildman–Crippen MR) is 282 cm³/mol. The van der Waals surface area contributed by atoms with Gasteiger partial charge < -0.3 is 13.9 Å². The number of aromatic nitrogens is 1. The maximum atomic E-state index is 6.26. The van der Waals surface area contributed by atoms with Gasteiger partial charge in [-0.05, 0) is 134 Å². The lowest BCUT2D eigenvalue weighted by Gasteiger charge is -2.26. The van der Waals surface area contributed by atoms with Crippen LogP contribution in [0.5, 0.6) is 0 Å². The van der Waals surface area contributed by atoms with E-state index in [4.69, 9.17) is 4.42 Å². The van der Waals surface area contributed by atoms with Gasteiger partial charge in [0.15, 0.2) is 0 Å². The van der Waals surface area contributed by atoms with Crippen molar-refractivity contribution >= 4 is 71.6 Å². The fraction of sp³-hybridized carbons (Fsp3) is 0. The van der Waals surface area contributed by atoms with Crippen LogP contribution in [0.3, 0.4) is 0 Å². The van der Waals surface area contributed by atoms with E-state index < -0.39 is 0 Å². The minimum absolute atomic E-state index is 0.898. The molecular weight excluding hydrogens is 813 g/mol. The summed E-state index contributed by atoms with van der Waals surface area (Å²) >= 11 is 0. The number of furan rings is 1. The zero-order chi connectivity index (χ0) is 44.3. The van der Waals surface area contributed by atoms with Crippen molar-refractivity contribution in [1.82, 2.24) is 4.57 Å². The smallest absolute Gasteiger partial charge is 0.136 e. The third kappa shape index (κ3) is 6.76. The van der Waals surface area contributed by atoms with E-state index in [1.165, 1.54) is 60.4 Å². The maximum absolute atomic E-state index is 6.26. The van der Waals surface area contributed by atoms with Gasteiger partial charge in [0.2, 0.25) is 0 Å². The Morgan fingerprint density at radius 1 is 0.299 bits per heavy atom. The van der Waals surface area contributed by atoms with E-state index in [-0.39, 0.29) is 0 Å². The van der Waals surface area contributed by atoms with Crippen molar-refractivity contribution in [1.29, 1.82) is 0 Å². The highest BCUT2D eigenvalue weighted by atomic mass is 16.3. The molecule has 11 aromatic carbocycles. The molecule has 0 fully saturated rings. The Labute approximate surface area is 388 Å². The number of nitrogens with zero attached hydrogens (tertiary/aromatic N) is 2. The molecule has 2 aromatic heterocycles. The third-order valence-corrected chi connectivity index (χ3v) is 13.4. The second-order valence-electron chi connectivity index (χ2n) is 17.3.